The molecule has 0 aliphatic carbocycles. The molecule has 0 unspecified atom stereocenters. The molecule has 1 aromatic carbocycles. The van der Waals surface area contributed by atoms with Gasteiger partial charge in [-0.25, -0.2) is 4.68 Å². The van der Waals surface area contributed by atoms with Crippen LogP contribution in [-0.2, 0) is 0 Å². The highest BCUT2D eigenvalue weighted by Crippen LogP contribution is 2.30. The van der Waals surface area contributed by atoms with E-state index in [0.717, 1.165) is 15.9 Å². The lowest BCUT2D eigenvalue weighted by Crippen LogP contribution is -2.36. The number of hydrogen-bond acceptors (Lipinski definition) is 5. The van der Waals surface area contributed by atoms with Crippen molar-refractivity contribution >= 4 is 21.8 Å². The molecule has 2 aromatic heterocycles. The maximum atomic E-state index is 12.4. The zero-order valence-electron chi connectivity index (χ0n) is 15.9. The first kappa shape index (κ1) is 19.3. The number of rotatable bonds is 5. The Bertz CT molecular complexity index is 959. The monoisotopic (exact) mass is 431 g/mol. The molecule has 0 spiro atoms. The van der Waals surface area contributed by atoms with Gasteiger partial charge in [0.05, 0.1) is 15.9 Å². The van der Waals surface area contributed by atoms with E-state index in [4.69, 9.17) is 4.42 Å². The van der Waals surface area contributed by atoms with E-state index in [1.165, 1.54) is 0 Å². The summed E-state index contributed by atoms with van der Waals surface area (Å²) in [7, 11) is 0. The first-order chi connectivity index (χ1) is 12.8. The first-order valence-corrected chi connectivity index (χ1v) is 9.54. The van der Waals surface area contributed by atoms with Crippen LogP contribution in [0.15, 0.2) is 33.2 Å². The quantitative estimate of drug-likeness (QED) is 0.657. The average Bonchev–Trinajstić information content (AvgIpc) is 3.19. The fourth-order valence-electron chi connectivity index (χ4n) is 2.47. The van der Waals surface area contributed by atoms with E-state index in [9.17, 15) is 4.79 Å². The predicted molar refractivity (Wildman–Crippen MR) is 106 cm³/mol. The molecule has 1 N–H and O–H groups in total. The topological polar surface area (TPSA) is 85.8 Å². The number of carbonyl (C=O) groups is 1. The summed E-state index contributed by atoms with van der Waals surface area (Å²) in [6.07, 6.45) is 0. The summed E-state index contributed by atoms with van der Waals surface area (Å²) < 4.78 is 8.05. The number of aryl methyl sites for hydroxylation is 1. The summed E-state index contributed by atoms with van der Waals surface area (Å²) >= 11 is 3.55. The molecule has 0 aliphatic heterocycles. The lowest BCUT2D eigenvalue weighted by Gasteiger charge is -2.17. The Hall–Kier alpha value is -2.48. The molecule has 8 heteroatoms. The van der Waals surface area contributed by atoms with Gasteiger partial charge in [0, 0.05) is 18.5 Å². The molecule has 0 fully saturated rings. The largest absolute Gasteiger partial charge is 0.420 e. The third kappa shape index (κ3) is 3.95. The Balaban J connectivity index is 1.86. The second kappa shape index (κ2) is 7.64. The number of amides is 1. The molecule has 3 rings (SSSR count). The van der Waals surface area contributed by atoms with Crippen molar-refractivity contribution in [2.24, 2.45) is 5.92 Å². The van der Waals surface area contributed by atoms with Crippen molar-refractivity contribution in [3.05, 3.63) is 45.9 Å². The van der Waals surface area contributed by atoms with Crippen molar-refractivity contribution in [3.8, 4) is 17.3 Å². The predicted octanol–water partition coefficient (Wildman–Crippen LogP) is 4.08. The van der Waals surface area contributed by atoms with Crippen LogP contribution >= 0.6 is 15.9 Å². The molecule has 0 saturated heterocycles. The van der Waals surface area contributed by atoms with Crippen LogP contribution in [0.4, 0.5) is 0 Å². The number of benzene rings is 1. The normalized spacial score (nSPS) is 12.4. The van der Waals surface area contributed by atoms with Gasteiger partial charge in [0.1, 0.15) is 0 Å². The van der Waals surface area contributed by atoms with Crippen molar-refractivity contribution < 1.29 is 9.21 Å². The molecule has 1 atom stereocenters. The van der Waals surface area contributed by atoms with Gasteiger partial charge in [-0.1, -0.05) is 13.8 Å². The highest BCUT2D eigenvalue weighted by molar-refractivity contribution is 9.10. The minimum Gasteiger partial charge on any atom is -0.420 e. The van der Waals surface area contributed by atoms with Crippen molar-refractivity contribution in [2.75, 3.05) is 0 Å². The average molecular weight is 432 g/mol. The molecule has 27 heavy (non-hydrogen) atoms. The third-order valence-corrected chi connectivity index (χ3v) is 5.45. The van der Waals surface area contributed by atoms with Gasteiger partial charge in [0.2, 0.25) is 5.89 Å². The number of nitrogens with one attached hydrogen (secondary N) is 1. The standard InChI is InChI=1S/C19H22BrN5O2/c1-10(2)11(3)21-18(26)14-6-8-15(9-7-14)25-12(4)16(20)17(24-25)19-23-22-13(5)27-19/h6-11H,1-5H3,(H,21,26)/t11-/m1/s1. The Kier molecular flexibility index (Phi) is 5.46. The Morgan fingerprint density at radius 2 is 1.81 bits per heavy atom. The van der Waals surface area contributed by atoms with Crippen LogP contribution in [0.3, 0.4) is 0 Å². The summed E-state index contributed by atoms with van der Waals surface area (Å²) in [5.74, 6) is 1.14. The summed E-state index contributed by atoms with van der Waals surface area (Å²) in [4.78, 5) is 12.4. The van der Waals surface area contributed by atoms with E-state index in [2.05, 4.69) is 50.4 Å². The fourth-order valence-corrected chi connectivity index (χ4v) is 2.89. The maximum Gasteiger partial charge on any atom is 0.269 e. The van der Waals surface area contributed by atoms with Gasteiger partial charge >= 0.3 is 0 Å². The van der Waals surface area contributed by atoms with Gasteiger partial charge in [-0.15, -0.1) is 10.2 Å². The molecule has 3 aromatic rings. The Morgan fingerprint density at radius 1 is 1.15 bits per heavy atom. The van der Waals surface area contributed by atoms with Crippen LogP contribution in [0.2, 0.25) is 0 Å². The molecule has 0 radical (unpaired) electrons. The zero-order chi connectivity index (χ0) is 19.7. The van der Waals surface area contributed by atoms with E-state index in [-0.39, 0.29) is 11.9 Å². The minimum atomic E-state index is -0.0804. The highest BCUT2D eigenvalue weighted by atomic mass is 79.9. The molecule has 142 valence electrons. The molecule has 0 bridgehead atoms. The molecule has 7 nitrogen and oxygen atoms in total. The second-order valence-electron chi connectivity index (χ2n) is 6.84. The number of nitrogens with zero attached hydrogens (tertiary/aromatic N) is 4. The number of aromatic nitrogens is 4. The first-order valence-electron chi connectivity index (χ1n) is 8.74. The summed E-state index contributed by atoms with van der Waals surface area (Å²) in [6.45, 7) is 9.83. The highest BCUT2D eigenvalue weighted by Gasteiger charge is 2.20. The molecule has 1 amide bonds. The molecular weight excluding hydrogens is 410 g/mol. The summed E-state index contributed by atoms with van der Waals surface area (Å²) in [5, 5.41) is 15.5. The lowest BCUT2D eigenvalue weighted by molar-refractivity contribution is 0.0930. The number of carbonyl (C=O) groups excluding carboxylic acids is 1. The van der Waals surface area contributed by atoms with E-state index in [1.807, 2.05) is 26.0 Å². The van der Waals surface area contributed by atoms with Gasteiger partial charge < -0.3 is 9.73 Å². The van der Waals surface area contributed by atoms with Crippen LogP contribution in [0.5, 0.6) is 0 Å². The SMILES string of the molecule is Cc1nnc(-c2nn(-c3ccc(C(=O)N[C@H](C)C(C)C)cc3)c(C)c2Br)o1. The van der Waals surface area contributed by atoms with Gasteiger partial charge in [-0.2, -0.15) is 5.10 Å². The third-order valence-electron chi connectivity index (χ3n) is 4.50. The van der Waals surface area contributed by atoms with E-state index >= 15 is 0 Å². The van der Waals surface area contributed by atoms with Gasteiger partial charge in [0.25, 0.3) is 11.8 Å². The molecule has 0 saturated carbocycles. The van der Waals surface area contributed by atoms with Crippen LogP contribution in [0.1, 0.15) is 42.7 Å². The van der Waals surface area contributed by atoms with Crippen molar-refractivity contribution in [1.82, 2.24) is 25.3 Å². The van der Waals surface area contributed by atoms with Gasteiger partial charge in [-0.3, -0.25) is 4.79 Å². The Labute approximate surface area is 166 Å². The lowest BCUT2D eigenvalue weighted by atomic mass is 10.1. The van der Waals surface area contributed by atoms with Crippen LogP contribution in [0.25, 0.3) is 17.3 Å². The smallest absolute Gasteiger partial charge is 0.269 e. The number of halogens is 1. The van der Waals surface area contributed by atoms with Crippen LogP contribution in [-0.4, -0.2) is 31.9 Å². The maximum absolute atomic E-state index is 12.4. The summed E-state index contributed by atoms with van der Waals surface area (Å²) in [5.41, 5.74) is 2.93. The van der Waals surface area contributed by atoms with Crippen molar-refractivity contribution in [1.29, 1.82) is 0 Å². The molecule has 0 aliphatic rings. The van der Waals surface area contributed by atoms with E-state index in [1.54, 1.807) is 23.7 Å². The van der Waals surface area contributed by atoms with E-state index in [0.29, 0.717) is 29.0 Å². The van der Waals surface area contributed by atoms with Gasteiger partial charge in [-0.05, 0) is 60.0 Å². The zero-order valence-corrected chi connectivity index (χ0v) is 17.5. The van der Waals surface area contributed by atoms with Gasteiger partial charge in [0.15, 0.2) is 5.69 Å². The molecular formula is C19H22BrN5O2. The van der Waals surface area contributed by atoms with Crippen LogP contribution < -0.4 is 5.32 Å². The van der Waals surface area contributed by atoms with Crippen molar-refractivity contribution in [2.45, 2.75) is 40.7 Å². The second-order valence-corrected chi connectivity index (χ2v) is 7.63. The summed E-state index contributed by atoms with van der Waals surface area (Å²) in [6, 6.07) is 7.43. The van der Waals surface area contributed by atoms with Crippen molar-refractivity contribution in [3.63, 3.8) is 0 Å². The Morgan fingerprint density at radius 3 is 2.37 bits per heavy atom. The fraction of sp³-hybridized carbons (Fsp3) is 0.368. The molecule has 2 heterocycles. The van der Waals surface area contributed by atoms with Crippen LogP contribution in [0, 0.1) is 19.8 Å². The van der Waals surface area contributed by atoms with E-state index < -0.39 is 0 Å². The number of hydrogen-bond donors (Lipinski definition) is 1. The minimum absolute atomic E-state index is 0.0804.